The molecule has 14 heavy (non-hydrogen) atoms. The van der Waals surface area contributed by atoms with Crippen molar-refractivity contribution in [2.75, 3.05) is 12.3 Å². The number of hydrogen-bond donors (Lipinski definition) is 1. The van der Waals surface area contributed by atoms with Gasteiger partial charge in [-0.1, -0.05) is 12.1 Å². The summed E-state index contributed by atoms with van der Waals surface area (Å²) in [6, 6.07) is 7.89. The van der Waals surface area contributed by atoms with Crippen LogP contribution in [0.25, 0.3) is 0 Å². The summed E-state index contributed by atoms with van der Waals surface area (Å²) in [4.78, 5) is 12.3. The Morgan fingerprint density at radius 1 is 1.50 bits per heavy atom. The van der Waals surface area contributed by atoms with Crippen LogP contribution in [0.3, 0.4) is 0 Å². The molecule has 1 aromatic rings. The number of benzene rings is 1. The van der Waals surface area contributed by atoms with Gasteiger partial charge in [0.2, 0.25) is 5.91 Å². The van der Waals surface area contributed by atoms with Gasteiger partial charge in [0.15, 0.2) is 0 Å². The maximum absolute atomic E-state index is 11.2. The second-order valence-corrected chi connectivity index (χ2v) is 4.54. The molecule has 0 bridgehead atoms. The smallest absolute Gasteiger partial charge is 0.230 e. The minimum atomic E-state index is 0.0771. The van der Waals surface area contributed by atoms with Crippen molar-refractivity contribution in [3.8, 4) is 0 Å². The number of nitrogens with one attached hydrogen (secondary N) is 1. The van der Waals surface area contributed by atoms with E-state index in [-0.39, 0.29) is 5.91 Å². The Balaban J connectivity index is 2.46. The molecule has 0 fully saturated rings. The Hall–Kier alpha value is -0.480. The first kappa shape index (κ1) is 11.6. The number of carbonyl (C=O) groups excluding carboxylic acids is 1. The van der Waals surface area contributed by atoms with Crippen molar-refractivity contribution in [1.82, 2.24) is 5.32 Å². The molecule has 0 radical (unpaired) electrons. The van der Waals surface area contributed by atoms with E-state index >= 15 is 0 Å². The van der Waals surface area contributed by atoms with Gasteiger partial charge < -0.3 is 5.32 Å². The van der Waals surface area contributed by atoms with Crippen molar-refractivity contribution in [2.45, 2.75) is 11.8 Å². The normalized spacial score (nSPS) is 9.86. The van der Waals surface area contributed by atoms with Crippen LogP contribution in [0.1, 0.15) is 6.92 Å². The van der Waals surface area contributed by atoms with Gasteiger partial charge >= 0.3 is 0 Å². The van der Waals surface area contributed by atoms with Gasteiger partial charge in [-0.3, -0.25) is 4.79 Å². The fraction of sp³-hybridized carbons (Fsp3) is 0.300. The molecule has 2 nitrogen and oxygen atoms in total. The van der Waals surface area contributed by atoms with Crippen LogP contribution in [0.5, 0.6) is 0 Å². The molecule has 0 aliphatic heterocycles. The van der Waals surface area contributed by atoms with Gasteiger partial charge in [-0.2, -0.15) is 0 Å². The van der Waals surface area contributed by atoms with E-state index in [4.69, 9.17) is 0 Å². The average Bonchev–Trinajstić information content (AvgIpc) is 2.17. The van der Waals surface area contributed by atoms with E-state index in [1.54, 1.807) is 0 Å². The minimum absolute atomic E-state index is 0.0771. The Labute approximate surface area is 96.6 Å². The van der Waals surface area contributed by atoms with E-state index in [1.807, 2.05) is 31.2 Å². The Bertz CT molecular complexity index is 317. The van der Waals surface area contributed by atoms with Gasteiger partial charge in [0.1, 0.15) is 0 Å². The molecular formula is C10H12BrNOS. The largest absolute Gasteiger partial charge is 0.356 e. The van der Waals surface area contributed by atoms with Crippen LogP contribution in [-0.2, 0) is 4.79 Å². The van der Waals surface area contributed by atoms with E-state index in [9.17, 15) is 4.79 Å². The summed E-state index contributed by atoms with van der Waals surface area (Å²) in [5.74, 6) is 0.546. The van der Waals surface area contributed by atoms with Crippen LogP contribution < -0.4 is 5.32 Å². The predicted octanol–water partition coefficient (Wildman–Crippen LogP) is 2.68. The summed E-state index contributed by atoms with van der Waals surface area (Å²) in [6.45, 7) is 2.61. The second kappa shape index (κ2) is 6.09. The Morgan fingerprint density at radius 2 is 2.21 bits per heavy atom. The monoisotopic (exact) mass is 273 g/mol. The van der Waals surface area contributed by atoms with Gasteiger partial charge in [0.05, 0.1) is 5.75 Å². The standard InChI is InChI=1S/C10H12BrNOS/c1-2-12-10(13)7-14-9-6-4-3-5-8(9)11/h3-6H,2,7H2,1H3,(H,12,13). The molecule has 0 spiro atoms. The van der Waals surface area contributed by atoms with Crippen molar-refractivity contribution in [1.29, 1.82) is 0 Å². The number of carbonyl (C=O) groups is 1. The van der Waals surface area contributed by atoms with Gasteiger partial charge in [0.25, 0.3) is 0 Å². The van der Waals surface area contributed by atoms with E-state index in [0.717, 1.165) is 9.37 Å². The van der Waals surface area contributed by atoms with E-state index in [1.165, 1.54) is 11.8 Å². The summed E-state index contributed by atoms with van der Waals surface area (Å²) in [6.07, 6.45) is 0. The summed E-state index contributed by atoms with van der Waals surface area (Å²) in [5, 5.41) is 2.76. The van der Waals surface area contributed by atoms with E-state index in [2.05, 4.69) is 21.2 Å². The van der Waals surface area contributed by atoms with Crippen LogP contribution in [-0.4, -0.2) is 18.2 Å². The lowest BCUT2D eigenvalue weighted by Gasteiger charge is -2.03. The Kier molecular flexibility index (Phi) is 5.04. The minimum Gasteiger partial charge on any atom is -0.356 e. The number of thioether (sulfide) groups is 1. The molecule has 0 heterocycles. The number of halogens is 1. The molecule has 0 aliphatic rings. The number of amides is 1. The molecule has 4 heteroatoms. The van der Waals surface area contributed by atoms with Crippen LogP contribution >= 0.6 is 27.7 Å². The van der Waals surface area contributed by atoms with Gasteiger partial charge in [0, 0.05) is 15.9 Å². The lowest BCUT2D eigenvalue weighted by molar-refractivity contribution is -0.118. The average molecular weight is 274 g/mol. The highest BCUT2D eigenvalue weighted by Crippen LogP contribution is 2.26. The van der Waals surface area contributed by atoms with Crippen molar-refractivity contribution >= 4 is 33.6 Å². The lowest BCUT2D eigenvalue weighted by atomic mass is 10.4. The molecule has 1 aromatic carbocycles. The summed E-state index contributed by atoms with van der Waals surface area (Å²) in [5.41, 5.74) is 0. The highest BCUT2D eigenvalue weighted by molar-refractivity contribution is 9.10. The molecule has 0 aliphatic carbocycles. The molecule has 0 saturated carbocycles. The van der Waals surface area contributed by atoms with E-state index in [0.29, 0.717) is 12.3 Å². The fourth-order valence-corrected chi connectivity index (χ4v) is 2.35. The first-order valence-corrected chi connectivity index (χ1v) is 6.16. The second-order valence-electron chi connectivity index (χ2n) is 2.67. The van der Waals surface area contributed by atoms with E-state index < -0.39 is 0 Å². The molecular weight excluding hydrogens is 262 g/mol. The van der Waals surface area contributed by atoms with Crippen molar-refractivity contribution in [3.05, 3.63) is 28.7 Å². The van der Waals surface area contributed by atoms with Crippen molar-refractivity contribution < 1.29 is 4.79 Å². The lowest BCUT2D eigenvalue weighted by Crippen LogP contribution is -2.24. The topological polar surface area (TPSA) is 29.1 Å². The third kappa shape index (κ3) is 3.72. The molecule has 0 atom stereocenters. The van der Waals surface area contributed by atoms with Gasteiger partial charge in [-0.15, -0.1) is 11.8 Å². The van der Waals surface area contributed by atoms with Crippen LogP contribution in [0.4, 0.5) is 0 Å². The molecule has 0 saturated heterocycles. The third-order valence-electron chi connectivity index (χ3n) is 1.57. The Morgan fingerprint density at radius 3 is 2.86 bits per heavy atom. The number of rotatable bonds is 4. The highest BCUT2D eigenvalue weighted by atomic mass is 79.9. The molecule has 0 aromatic heterocycles. The zero-order chi connectivity index (χ0) is 10.4. The zero-order valence-electron chi connectivity index (χ0n) is 7.92. The maximum atomic E-state index is 11.2. The van der Waals surface area contributed by atoms with Crippen molar-refractivity contribution in [3.63, 3.8) is 0 Å². The molecule has 1 amide bonds. The quantitative estimate of drug-likeness (QED) is 0.855. The zero-order valence-corrected chi connectivity index (χ0v) is 10.3. The summed E-state index contributed by atoms with van der Waals surface area (Å²) in [7, 11) is 0. The third-order valence-corrected chi connectivity index (χ3v) is 3.60. The maximum Gasteiger partial charge on any atom is 0.230 e. The van der Waals surface area contributed by atoms with Crippen LogP contribution in [0.15, 0.2) is 33.6 Å². The molecule has 1 rings (SSSR count). The molecule has 1 N–H and O–H groups in total. The van der Waals surface area contributed by atoms with Gasteiger partial charge in [-0.05, 0) is 35.0 Å². The fourth-order valence-electron chi connectivity index (χ4n) is 0.953. The van der Waals surface area contributed by atoms with Crippen LogP contribution in [0.2, 0.25) is 0 Å². The highest BCUT2D eigenvalue weighted by Gasteiger charge is 2.03. The summed E-state index contributed by atoms with van der Waals surface area (Å²) < 4.78 is 1.04. The number of hydrogen-bond acceptors (Lipinski definition) is 2. The van der Waals surface area contributed by atoms with Gasteiger partial charge in [-0.25, -0.2) is 0 Å². The predicted molar refractivity (Wildman–Crippen MR) is 63.5 cm³/mol. The molecule has 0 unspecified atom stereocenters. The first-order valence-electron chi connectivity index (χ1n) is 4.38. The van der Waals surface area contributed by atoms with Crippen LogP contribution in [0, 0.1) is 0 Å². The first-order chi connectivity index (χ1) is 6.74. The van der Waals surface area contributed by atoms with Crippen molar-refractivity contribution in [2.24, 2.45) is 0 Å². The summed E-state index contributed by atoms with van der Waals surface area (Å²) >= 11 is 4.97. The molecule has 76 valence electrons. The SMILES string of the molecule is CCNC(=O)CSc1ccccc1Br.